The van der Waals surface area contributed by atoms with Gasteiger partial charge < -0.3 is 5.73 Å². The molecule has 0 spiro atoms. The lowest BCUT2D eigenvalue weighted by atomic mass is 9.89. The molecule has 2 N–H and O–H groups in total. The summed E-state index contributed by atoms with van der Waals surface area (Å²) in [5.74, 6) is -1.01. The molecule has 90 valence electrons. The van der Waals surface area contributed by atoms with Gasteiger partial charge in [-0.1, -0.05) is 38.3 Å². The average Bonchev–Trinajstić information content (AvgIpc) is 2.25. The van der Waals surface area contributed by atoms with Crippen LogP contribution in [0.15, 0.2) is 12.1 Å². The van der Waals surface area contributed by atoms with Gasteiger partial charge in [0.2, 0.25) is 0 Å². The van der Waals surface area contributed by atoms with E-state index in [1.165, 1.54) is 0 Å². The van der Waals surface area contributed by atoms with Gasteiger partial charge in [-0.25, -0.2) is 8.78 Å². The van der Waals surface area contributed by atoms with E-state index in [1.807, 2.05) is 13.8 Å². The fourth-order valence-corrected chi connectivity index (χ4v) is 1.99. The van der Waals surface area contributed by atoms with Crippen LogP contribution < -0.4 is 5.73 Å². The van der Waals surface area contributed by atoms with E-state index < -0.39 is 17.7 Å². The van der Waals surface area contributed by atoms with Crippen LogP contribution in [0.2, 0.25) is 5.02 Å². The van der Waals surface area contributed by atoms with Crippen LogP contribution >= 0.6 is 11.6 Å². The normalized spacial score (nSPS) is 13.2. The Balaban J connectivity index is 3.07. The fraction of sp³-hybridized carbons (Fsp3) is 0.500. The summed E-state index contributed by atoms with van der Waals surface area (Å²) in [4.78, 5) is 0. The van der Waals surface area contributed by atoms with E-state index in [1.54, 1.807) is 0 Å². The summed E-state index contributed by atoms with van der Waals surface area (Å²) in [5.41, 5.74) is 6.13. The lowest BCUT2D eigenvalue weighted by Crippen LogP contribution is -2.21. The van der Waals surface area contributed by atoms with Gasteiger partial charge in [-0.3, -0.25) is 0 Å². The Kier molecular flexibility index (Phi) is 4.69. The van der Waals surface area contributed by atoms with Crippen LogP contribution in [0.3, 0.4) is 0 Å². The summed E-state index contributed by atoms with van der Waals surface area (Å²) in [6.45, 7) is 3.97. The molecular weight excluding hydrogens is 232 g/mol. The van der Waals surface area contributed by atoms with E-state index in [4.69, 9.17) is 17.3 Å². The van der Waals surface area contributed by atoms with Gasteiger partial charge in [0.15, 0.2) is 0 Å². The van der Waals surface area contributed by atoms with Gasteiger partial charge >= 0.3 is 0 Å². The van der Waals surface area contributed by atoms with Gasteiger partial charge in [0.1, 0.15) is 11.6 Å². The Labute approximate surface area is 99.6 Å². The zero-order valence-corrected chi connectivity index (χ0v) is 10.2. The maximum Gasteiger partial charge on any atom is 0.142 e. The van der Waals surface area contributed by atoms with E-state index in [0.29, 0.717) is 0 Å². The number of hydrogen-bond donors (Lipinski definition) is 1. The molecule has 0 radical (unpaired) electrons. The highest BCUT2D eigenvalue weighted by Crippen LogP contribution is 2.29. The number of benzene rings is 1. The highest BCUT2D eigenvalue weighted by atomic mass is 35.5. The third-order valence-corrected chi connectivity index (χ3v) is 3.24. The second-order valence-corrected chi connectivity index (χ2v) is 4.30. The van der Waals surface area contributed by atoms with Crippen molar-refractivity contribution in [1.82, 2.24) is 0 Å². The summed E-state index contributed by atoms with van der Waals surface area (Å²) in [6, 6.07) is 1.59. The molecule has 1 rings (SSSR count). The van der Waals surface area contributed by atoms with Crippen molar-refractivity contribution >= 4 is 11.6 Å². The Morgan fingerprint density at radius 2 is 1.75 bits per heavy atom. The molecule has 0 aromatic heterocycles. The average molecular weight is 248 g/mol. The number of nitrogens with two attached hydrogens (primary N) is 1. The molecule has 4 heteroatoms. The van der Waals surface area contributed by atoms with E-state index in [2.05, 4.69) is 0 Å². The van der Waals surface area contributed by atoms with Crippen molar-refractivity contribution in [3.8, 4) is 0 Å². The molecule has 0 fully saturated rings. The van der Waals surface area contributed by atoms with Crippen molar-refractivity contribution in [3.05, 3.63) is 34.4 Å². The number of hydrogen-bond acceptors (Lipinski definition) is 1. The SMILES string of the molecule is CCC(CC)C(N)c1cc(F)c(Cl)cc1F. The van der Waals surface area contributed by atoms with Crippen LogP contribution in [-0.2, 0) is 0 Å². The van der Waals surface area contributed by atoms with Gasteiger partial charge in [0.05, 0.1) is 5.02 Å². The highest BCUT2D eigenvalue weighted by Gasteiger charge is 2.21. The molecule has 1 atom stereocenters. The van der Waals surface area contributed by atoms with Gasteiger partial charge in [0, 0.05) is 11.6 Å². The first-order chi connectivity index (χ1) is 7.51. The zero-order chi connectivity index (χ0) is 12.3. The second kappa shape index (κ2) is 5.60. The minimum atomic E-state index is -0.625. The highest BCUT2D eigenvalue weighted by molar-refractivity contribution is 6.30. The first kappa shape index (κ1) is 13.4. The second-order valence-electron chi connectivity index (χ2n) is 3.89. The monoisotopic (exact) mass is 247 g/mol. The smallest absolute Gasteiger partial charge is 0.142 e. The third-order valence-electron chi connectivity index (χ3n) is 2.96. The van der Waals surface area contributed by atoms with Gasteiger partial charge in [0.25, 0.3) is 0 Å². The molecule has 0 saturated heterocycles. The molecular formula is C12H16ClF2N. The van der Waals surface area contributed by atoms with Crippen LogP contribution in [0.5, 0.6) is 0 Å². The van der Waals surface area contributed by atoms with Crippen molar-refractivity contribution in [2.45, 2.75) is 32.7 Å². The largest absolute Gasteiger partial charge is 0.324 e. The van der Waals surface area contributed by atoms with E-state index in [9.17, 15) is 8.78 Å². The Morgan fingerprint density at radius 1 is 1.19 bits per heavy atom. The quantitative estimate of drug-likeness (QED) is 0.798. The zero-order valence-electron chi connectivity index (χ0n) is 9.43. The minimum Gasteiger partial charge on any atom is -0.324 e. The fourth-order valence-electron chi connectivity index (χ4n) is 1.84. The lowest BCUT2D eigenvalue weighted by molar-refractivity contribution is 0.392. The standard InChI is InChI=1S/C12H16ClF2N/c1-3-7(4-2)12(16)8-5-11(15)9(13)6-10(8)14/h5-7,12H,3-4,16H2,1-2H3. The third kappa shape index (κ3) is 2.71. The van der Waals surface area contributed by atoms with Crippen LogP contribution in [-0.4, -0.2) is 0 Å². The summed E-state index contributed by atoms with van der Waals surface area (Å²) in [7, 11) is 0. The maximum absolute atomic E-state index is 13.6. The van der Waals surface area contributed by atoms with Crippen molar-refractivity contribution in [3.63, 3.8) is 0 Å². The maximum atomic E-state index is 13.6. The molecule has 0 amide bonds. The van der Waals surface area contributed by atoms with E-state index in [-0.39, 0.29) is 16.5 Å². The molecule has 0 aliphatic carbocycles. The Hall–Kier alpha value is -0.670. The van der Waals surface area contributed by atoms with Crippen LogP contribution in [0, 0.1) is 17.6 Å². The molecule has 1 unspecified atom stereocenters. The van der Waals surface area contributed by atoms with Crippen molar-refractivity contribution in [2.75, 3.05) is 0 Å². The topological polar surface area (TPSA) is 26.0 Å². The predicted molar refractivity (Wildman–Crippen MR) is 62.4 cm³/mol. The van der Waals surface area contributed by atoms with Crippen molar-refractivity contribution in [1.29, 1.82) is 0 Å². The Morgan fingerprint density at radius 3 is 2.25 bits per heavy atom. The number of rotatable bonds is 4. The van der Waals surface area contributed by atoms with Crippen LogP contribution in [0.25, 0.3) is 0 Å². The first-order valence-corrected chi connectivity index (χ1v) is 5.79. The van der Waals surface area contributed by atoms with Crippen molar-refractivity contribution in [2.24, 2.45) is 11.7 Å². The van der Waals surface area contributed by atoms with E-state index in [0.717, 1.165) is 25.0 Å². The lowest BCUT2D eigenvalue weighted by Gasteiger charge is -2.22. The molecule has 0 saturated carbocycles. The van der Waals surface area contributed by atoms with Crippen molar-refractivity contribution < 1.29 is 8.78 Å². The molecule has 16 heavy (non-hydrogen) atoms. The van der Waals surface area contributed by atoms with Gasteiger partial charge in [-0.2, -0.15) is 0 Å². The summed E-state index contributed by atoms with van der Waals surface area (Å²) >= 11 is 5.48. The summed E-state index contributed by atoms with van der Waals surface area (Å²) in [6.07, 6.45) is 1.67. The van der Waals surface area contributed by atoms with Crippen LogP contribution in [0.1, 0.15) is 38.3 Å². The molecule has 0 aliphatic heterocycles. The Bertz CT molecular complexity index is 364. The van der Waals surface area contributed by atoms with Gasteiger partial charge in [-0.05, 0) is 18.1 Å². The molecule has 1 nitrogen and oxygen atoms in total. The molecule has 0 aliphatic rings. The summed E-state index contributed by atoms with van der Waals surface area (Å²) in [5, 5.41) is -0.210. The molecule has 1 aromatic rings. The first-order valence-electron chi connectivity index (χ1n) is 5.41. The molecule has 1 aromatic carbocycles. The van der Waals surface area contributed by atoms with E-state index >= 15 is 0 Å². The van der Waals surface area contributed by atoms with Crippen LogP contribution in [0.4, 0.5) is 8.78 Å². The molecule has 0 bridgehead atoms. The predicted octanol–water partition coefficient (Wildman–Crippen LogP) is 4.05. The summed E-state index contributed by atoms with van der Waals surface area (Å²) < 4.78 is 26.8. The molecule has 0 heterocycles. The number of halogens is 3. The minimum absolute atomic E-state index is 0.148. The van der Waals surface area contributed by atoms with Gasteiger partial charge in [-0.15, -0.1) is 0 Å².